The molecule has 0 amide bonds. The van der Waals surface area contributed by atoms with Gasteiger partial charge in [0.2, 0.25) is 5.89 Å². The van der Waals surface area contributed by atoms with Crippen LogP contribution in [0.3, 0.4) is 0 Å². The van der Waals surface area contributed by atoms with Crippen molar-refractivity contribution >= 4 is 0 Å². The third-order valence-electron chi connectivity index (χ3n) is 5.78. The van der Waals surface area contributed by atoms with Gasteiger partial charge in [-0.1, -0.05) is 66.9 Å². The lowest BCUT2D eigenvalue weighted by molar-refractivity contribution is 0.329. The van der Waals surface area contributed by atoms with Crippen LogP contribution in [0.5, 0.6) is 5.75 Å². The van der Waals surface area contributed by atoms with Gasteiger partial charge in [0.1, 0.15) is 5.75 Å². The van der Waals surface area contributed by atoms with Crippen LogP contribution in [0.2, 0.25) is 0 Å². The van der Waals surface area contributed by atoms with E-state index in [0.29, 0.717) is 11.8 Å². The van der Waals surface area contributed by atoms with E-state index in [-0.39, 0.29) is 6.04 Å². The van der Waals surface area contributed by atoms with Crippen LogP contribution in [0.4, 0.5) is 0 Å². The summed E-state index contributed by atoms with van der Waals surface area (Å²) < 4.78 is 11.0. The normalized spacial score (nSPS) is 15.9. The monoisotopic (exact) mass is 391 g/mol. The average Bonchev–Trinajstić information content (AvgIpc) is 3.29. The van der Waals surface area contributed by atoms with E-state index < -0.39 is 0 Å². The summed E-state index contributed by atoms with van der Waals surface area (Å²) in [5.41, 5.74) is 3.46. The van der Waals surface area contributed by atoms with Crippen molar-refractivity contribution in [2.24, 2.45) is 0 Å². The fourth-order valence-electron chi connectivity index (χ4n) is 3.99. The molecule has 5 heteroatoms. The topological polar surface area (TPSA) is 60.2 Å². The molecule has 1 aromatic heterocycles. The van der Waals surface area contributed by atoms with Crippen molar-refractivity contribution < 1.29 is 9.26 Å². The molecular formula is C24H29N3O2. The fourth-order valence-corrected chi connectivity index (χ4v) is 3.99. The summed E-state index contributed by atoms with van der Waals surface area (Å²) in [5.74, 6) is 2.92. The zero-order chi connectivity index (χ0) is 20.1. The molecule has 1 atom stereocenters. The lowest BCUT2D eigenvalue weighted by atomic mass is 9.89. The predicted octanol–water partition coefficient (Wildman–Crippen LogP) is 5.64. The Labute approximate surface area is 172 Å². The summed E-state index contributed by atoms with van der Waals surface area (Å²) >= 11 is 0. The van der Waals surface area contributed by atoms with Gasteiger partial charge in [0.15, 0.2) is 5.82 Å². The summed E-state index contributed by atoms with van der Waals surface area (Å²) in [6.07, 6.45) is 6.23. The number of hydrogen-bond acceptors (Lipinski definition) is 5. The third kappa shape index (κ3) is 4.67. The molecule has 1 saturated carbocycles. The number of ether oxygens (including phenoxy) is 1. The highest BCUT2D eigenvalue weighted by Crippen LogP contribution is 2.32. The SMILES string of the molecule is COc1ccccc1-c1ccc(CNC(C)c2nc(C3CCCCC3)no2)cc1. The molecule has 0 saturated heterocycles. The number of methoxy groups -OCH3 is 1. The van der Waals surface area contributed by atoms with Crippen molar-refractivity contribution in [1.82, 2.24) is 15.5 Å². The summed E-state index contributed by atoms with van der Waals surface area (Å²) in [7, 11) is 1.70. The first-order valence-electron chi connectivity index (χ1n) is 10.5. The highest BCUT2D eigenvalue weighted by molar-refractivity contribution is 5.70. The minimum atomic E-state index is 0.0220. The summed E-state index contributed by atoms with van der Waals surface area (Å²) in [6, 6.07) is 16.6. The largest absolute Gasteiger partial charge is 0.496 e. The molecule has 2 aromatic carbocycles. The van der Waals surface area contributed by atoms with E-state index in [4.69, 9.17) is 9.26 Å². The molecule has 4 rings (SSSR count). The zero-order valence-corrected chi connectivity index (χ0v) is 17.2. The number of hydrogen-bond donors (Lipinski definition) is 1. The van der Waals surface area contributed by atoms with E-state index in [1.54, 1.807) is 7.11 Å². The molecule has 29 heavy (non-hydrogen) atoms. The molecule has 152 valence electrons. The van der Waals surface area contributed by atoms with Crippen LogP contribution in [-0.2, 0) is 6.54 Å². The molecule has 3 aromatic rings. The van der Waals surface area contributed by atoms with Gasteiger partial charge >= 0.3 is 0 Å². The minimum Gasteiger partial charge on any atom is -0.496 e. The van der Waals surface area contributed by atoms with Crippen molar-refractivity contribution in [3.63, 3.8) is 0 Å². The van der Waals surface area contributed by atoms with Crippen LogP contribution in [0.25, 0.3) is 11.1 Å². The Morgan fingerprint density at radius 1 is 1.07 bits per heavy atom. The molecule has 0 spiro atoms. The number of aromatic nitrogens is 2. The highest BCUT2D eigenvalue weighted by Gasteiger charge is 2.22. The third-order valence-corrected chi connectivity index (χ3v) is 5.78. The number of para-hydroxylation sites is 1. The molecule has 1 aliphatic carbocycles. The van der Waals surface area contributed by atoms with Crippen molar-refractivity contribution in [1.29, 1.82) is 0 Å². The molecule has 1 N–H and O–H groups in total. The predicted molar refractivity (Wildman–Crippen MR) is 114 cm³/mol. The first kappa shape index (κ1) is 19.6. The fraction of sp³-hybridized carbons (Fsp3) is 0.417. The molecular weight excluding hydrogens is 362 g/mol. The quantitative estimate of drug-likeness (QED) is 0.564. The van der Waals surface area contributed by atoms with E-state index in [1.165, 1.54) is 37.7 Å². The lowest BCUT2D eigenvalue weighted by Crippen LogP contribution is -2.18. The van der Waals surface area contributed by atoms with Crippen molar-refractivity contribution in [3.05, 3.63) is 65.8 Å². The second-order valence-corrected chi connectivity index (χ2v) is 7.83. The maximum atomic E-state index is 5.53. The number of nitrogens with zero attached hydrogens (tertiary/aromatic N) is 2. The highest BCUT2D eigenvalue weighted by atomic mass is 16.5. The molecule has 0 radical (unpaired) electrons. The van der Waals surface area contributed by atoms with Crippen molar-refractivity contribution in [3.8, 4) is 16.9 Å². The lowest BCUT2D eigenvalue weighted by Gasteiger charge is -2.17. The van der Waals surface area contributed by atoms with Crippen molar-refractivity contribution in [2.45, 2.75) is 57.5 Å². The molecule has 0 aliphatic heterocycles. The van der Waals surface area contributed by atoms with E-state index in [0.717, 1.165) is 29.2 Å². The number of nitrogens with one attached hydrogen (secondary N) is 1. The summed E-state index contributed by atoms with van der Waals surface area (Å²) in [5, 5.41) is 7.73. The molecule has 1 heterocycles. The standard InChI is InChI=1S/C24H29N3O2/c1-17(24-26-23(27-29-24)20-8-4-3-5-9-20)25-16-18-12-14-19(15-13-18)21-10-6-7-11-22(21)28-2/h6-7,10-15,17,20,25H,3-5,8-9,16H2,1-2H3. The second-order valence-electron chi connectivity index (χ2n) is 7.83. The van der Waals surface area contributed by atoms with Gasteiger partial charge in [0.05, 0.1) is 13.2 Å². The summed E-state index contributed by atoms with van der Waals surface area (Å²) in [4.78, 5) is 4.66. The van der Waals surface area contributed by atoms with E-state index in [1.807, 2.05) is 18.2 Å². The van der Waals surface area contributed by atoms with Crippen LogP contribution in [0, 0.1) is 0 Å². The van der Waals surface area contributed by atoms with Gasteiger partial charge in [0.25, 0.3) is 0 Å². The van der Waals surface area contributed by atoms with Crippen LogP contribution in [0.1, 0.15) is 68.3 Å². The maximum absolute atomic E-state index is 5.53. The van der Waals surface area contributed by atoms with E-state index in [2.05, 4.69) is 52.7 Å². The molecule has 1 unspecified atom stereocenters. The van der Waals surface area contributed by atoms with Gasteiger partial charge in [-0.3, -0.25) is 0 Å². The van der Waals surface area contributed by atoms with Gasteiger partial charge in [-0.25, -0.2) is 0 Å². The first-order valence-corrected chi connectivity index (χ1v) is 10.5. The van der Waals surface area contributed by atoms with Crippen LogP contribution in [0.15, 0.2) is 53.1 Å². The Kier molecular flexibility index (Phi) is 6.25. The molecule has 5 nitrogen and oxygen atoms in total. The zero-order valence-electron chi connectivity index (χ0n) is 17.2. The molecule has 1 fully saturated rings. The Bertz CT molecular complexity index is 914. The van der Waals surface area contributed by atoms with Gasteiger partial charge in [-0.05, 0) is 37.0 Å². The Morgan fingerprint density at radius 3 is 2.59 bits per heavy atom. The second kappa shape index (κ2) is 9.23. The minimum absolute atomic E-state index is 0.0220. The molecule has 0 bridgehead atoms. The number of benzene rings is 2. The Balaban J connectivity index is 1.36. The van der Waals surface area contributed by atoms with E-state index in [9.17, 15) is 0 Å². The maximum Gasteiger partial charge on any atom is 0.243 e. The van der Waals surface area contributed by atoms with Gasteiger partial charge in [-0.15, -0.1) is 0 Å². The van der Waals surface area contributed by atoms with Crippen LogP contribution in [-0.4, -0.2) is 17.3 Å². The molecule has 1 aliphatic rings. The summed E-state index contributed by atoms with van der Waals surface area (Å²) in [6.45, 7) is 2.82. The number of rotatable bonds is 7. The van der Waals surface area contributed by atoms with Gasteiger partial charge in [0, 0.05) is 18.0 Å². The van der Waals surface area contributed by atoms with E-state index >= 15 is 0 Å². The Hall–Kier alpha value is -2.66. The van der Waals surface area contributed by atoms with Gasteiger partial charge < -0.3 is 14.6 Å². The van der Waals surface area contributed by atoms with Gasteiger partial charge in [-0.2, -0.15) is 4.98 Å². The smallest absolute Gasteiger partial charge is 0.243 e. The average molecular weight is 392 g/mol. The Morgan fingerprint density at radius 2 is 1.83 bits per heavy atom. The first-order chi connectivity index (χ1) is 14.2. The van der Waals surface area contributed by atoms with Crippen LogP contribution >= 0.6 is 0 Å². The van der Waals surface area contributed by atoms with Crippen molar-refractivity contribution in [2.75, 3.05) is 7.11 Å². The van der Waals surface area contributed by atoms with Crippen LogP contribution < -0.4 is 10.1 Å².